The molecule has 1 N–H and O–H groups in total. The number of esters is 1. The van der Waals surface area contributed by atoms with Gasteiger partial charge in [-0.2, -0.15) is 0 Å². The molecule has 30 heavy (non-hydrogen) atoms. The van der Waals surface area contributed by atoms with Gasteiger partial charge in [0.1, 0.15) is 17.4 Å². The first-order valence-corrected chi connectivity index (χ1v) is 9.47. The molecule has 0 spiro atoms. The molecule has 0 saturated carbocycles. The number of para-hydroxylation sites is 3. The SMILES string of the molecule is CC(=O)c1ccccc1NC(=O)COC(=O)C1c2ccccc2Oc2ccccc21. The lowest BCUT2D eigenvalue weighted by molar-refractivity contribution is -0.148. The van der Waals surface area contributed by atoms with Crippen molar-refractivity contribution in [3.63, 3.8) is 0 Å². The normalized spacial score (nSPS) is 12.2. The smallest absolute Gasteiger partial charge is 0.318 e. The molecule has 0 saturated heterocycles. The number of carbonyl (C=O) groups is 3. The summed E-state index contributed by atoms with van der Waals surface area (Å²) < 4.78 is 11.2. The fraction of sp³-hybridized carbons (Fsp3) is 0.125. The summed E-state index contributed by atoms with van der Waals surface area (Å²) in [5.41, 5.74) is 2.14. The zero-order chi connectivity index (χ0) is 21.1. The van der Waals surface area contributed by atoms with Gasteiger partial charge in [-0.15, -0.1) is 0 Å². The third-order valence-electron chi connectivity index (χ3n) is 4.84. The van der Waals surface area contributed by atoms with E-state index in [1.165, 1.54) is 6.92 Å². The zero-order valence-corrected chi connectivity index (χ0v) is 16.3. The summed E-state index contributed by atoms with van der Waals surface area (Å²) in [6.07, 6.45) is 0. The van der Waals surface area contributed by atoms with Crippen LogP contribution in [0.4, 0.5) is 5.69 Å². The Morgan fingerprint density at radius 2 is 1.43 bits per heavy atom. The monoisotopic (exact) mass is 401 g/mol. The fourth-order valence-corrected chi connectivity index (χ4v) is 3.47. The molecule has 0 unspecified atom stereocenters. The highest BCUT2D eigenvalue weighted by atomic mass is 16.5. The number of amides is 1. The van der Waals surface area contributed by atoms with Gasteiger partial charge in [-0.25, -0.2) is 0 Å². The van der Waals surface area contributed by atoms with E-state index >= 15 is 0 Å². The van der Waals surface area contributed by atoms with Crippen LogP contribution in [0.25, 0.3) is 0 Å². The van der Waals surface area contributed by atoms with Gasteiger partial charge in [0.2, 0.25) is 0 Å². The third kappa shape index (κ3) is 3.80. The molecule has 1 heterocycles. The highest BCUT2D eigenvalue weighted by Crippen LogP contribution is 2.44. The van der Waals surface area contributed by atoms with Crippen molar-refractivity contribution in [1.29, 1.82) is 0 Å². The van der Waals surface area contributed by atoms with Crippen molar-refractivity contribution in [3.8, 4) is 11.5 Å². The summed E-state index contributed by atoms with van der Waals surface area (Å²) in [5, 5.41) is 2.63. The Morgan fingerprint density at radius 3 is 2.07 bits per heavy atom. The standard InChI is InChI=1S/C24H19NO5/c1-15(26)16-8-2-5-11-19(16)25-22(27)14-29-24(28)23-17-9-3-6-12-20(17)30-21-13-7-4-10-18(21)23/h2-13,23H,14H2,1H3,(H,25,27). The Labute approximate surface area is 173 Å². The molecule has 6 heteroatoms. The highest BCUT2D eigenvalue weighted by molar-refractivity contribution is 6.04. The number of hydrogen-bond donors (Lipinski definition) is 1. The quantitative estimate of drug-likeness (QED) is 0.509. The first-order chi connectivity index (χ1) is 14.5. The van der Waals surface area contributed by atoms with Gasteiger partial charge in [0, 0.05) is 16.7 Å². The van der Waals surface area contributed by atoms with E-state index in [0.29, 0.717) is 33.9 Å². The van der Waals surface area contributed by atoms with Gasteiger partial charge in [0.25, 0.3) is 5.91 Å². The molecular weight excluding hydrogens is 382 g/mol. The topological polar surface area (TPSA) is 81.7 Å². The maximum absolute atomic E-state index is 12.9. The molecule has 1 aliphatic rings. The van der Waals surface area contributed by atoms with Crippen LogP contribution in [0.3, 0.4) is 0 Å². The molecule has 0 radical (unpaired) electrons. The van der Waals surface area contributed by atoms with E-state index in [0.717, 1.165) is 0 Å². The van der Waals surface area contributed by atoms with Crippen molar-refractivity contribution in [3.05, 3.63) is 89.5 Å². The maximum atomic E-state index is 12.9. The van der Waals surface area contributed by atoms with Gasteiger partial charge < -0.3 is 14.8 Å². The van der Waals surface area contributed by atoms with E-state index < -0.39 is 24.4 Å². The third-order valence-corrected chi connectivity index (χ3v) is 4.84. The number of anilines is 1. The first-order valence-electron chi connectivity index (χ1n) is 9.47. The number of carbonyl (C=O) groups excluding carboxylic acids is 3. The predicted octanol–water partition coefficient (Wildman–Crippen LogP) is 4.31. The Balaban J connectivity index is 1.50. The minimum absolute atomic E-state index is 0.168. The second-order valence-electron chi connectivity index (χ2n) is 6.87. The number of rotatable bonds is 5. The number of Topliss-reactive ketones (excluding diaryl/α,β-unsaturated/α-hetero) is 1. The van der Waals surface area contributed by atoms with Crippen LogP contribution in [0.2, 0.25) is 0 Å². The molecule has 4 rings (SSSR count). The molecule has 0 atom stereocenters. The van der Waals surface area contributed by atoms with Crippen LogP contribution in [0.5, 0.6) is 11.5 Å². The van der Waals surface area contributed by atoms with Crippen molar-refractivity contribution >= 4 is 23.3 Å². The second kappa shape index (κ2) is 8.21. The number of fused-ring (bicyclic) bond motifs is 2. The Bertz CT molecular complexity index is 1090. The van der Waals surface area contributed by atoms with Crippen molar-refractivity contribution < 1.29 is 23.9 Å². The summed E-state index contributed by atoms with van der Waals surface area (Å²) >= 11 is 0. The molecule has 0 aliphatic carbocycles. The first kappa shape index (κ1) is 19.4. The maximum Gasteiger partial charge on any atom is 0.318 e. The summed E-state index contributed by atoms with van der Waals surface area (Å²) in [5.74, 6) is -0.767. The van der Waals surface area contributed by atoms with E-state index in [2.05, 4.69) is 5.32 Å². The molecule has 0 aromatic heterocycles. The number of hydrogen-bond acceptors (Lipinski definition) is 5. The van der Waals surface area contributed by atoms with Crippen molar-refractivity contribution in [2.24, 2.45) is 0 Å². The van der Waals surface area contributed by atoms with E-state index in [1.807, 2.05) is 24.3 Å². The van der Waals surface area contributed by atoms with Crippen LogP contribution < -0.4 is 10.1 Å². The van der Waals surface area contributed by atoms with Crippen molar-refractivity contribution in [2.75, 3.05) is 11.9 Å². The van der Waals surface area contributed by atoms with Crippen LogP contribution >= 0.6 is 0 Å². The van der Waals surface area contributed by atoms with Crippen LogP contribution in [-0.4, -0.2) is 24.3 Å². The summed E-state index contributed by atoms with van der Waals surface area (Å²) in [6, 6.07) is 21.2. The lowest BCUT2D eigenvalue weighted by atomic mass is 9.88. The second-order valence-corrected chi connectivity index (χ2v) is 6.87. The summed E-state index contributed by atoms with van der Waals surface area (Å²) in [6.45, 7) is 0.956. The van der Waals surface area contributed by atoms with E-state index in [4.69, 9.17) is 9.47 Å². The number of ketones is 1. The van der Waals surface area contributed by atoms with E-state index in [9.17, 15) is 14.4 Å². The van der Waals surface area contributed by atoms with Crippen LogP contribution in [-0.2, 0) is 14.3 Å². The van der Waals surface area contributed by atoms with Crippen LogP contribution in [0, 0.1) is 0 Å². The largest absolute Gasteiger partial charge is 0.457 e. The molecule has 3 aromatic rings. The van der Waals surface area contributed by atoms with Crippen molar-refractivity contribution in [2.45, 2.75) is 12.8 Å². The predicted molar refractivity (Wildman–Crippen MR) is 111 cm³/mol. The summed E-state index contributed by atoms with van der Waals surface area (Å²) in [7, 11) is 0. The molecule has 0 fully saturated rings. The zero-order valence-electron chi connectivity index (χ0n) is 16.3. The van der Waals surface area contributed by atoms with Gasteiger partial charge in [-0.05, 0) is 31.2 Å². The molecule has 150 valence electrons. The minimum Gasteiger partial charge on any atom is -0.457 e. The lowest BCUT2D eigenvalue weighted by Crippen LogP contribution is -2.26. The molecule has 1 aliphatic heterocycles. The highest BCUT2D eigenvalue weighted by Gasteiger charge is 2.33. The Hall–Kier alpha value is -3.93. The lowest BCUT2D eigenvalue weighted by Gasteiger charge is -2.26. The number of nitrogens with one attached hydrogen (secondary N) is 1. The molecule has 6 nitrogen and oxygen atoms in total. The Morgan fingerprint density at radius 1 is 0.867 bits per heavy atom. The summed E-state index contributed by atoms with van der Waals surface area (Å²) in [4.78, 5) is 37.0. The van der Waals surface area contributed by atoms with Crippen LogP contribution in [0.1, 0.15) is 34.3 Å². The fourth-order valence-electron chi connectivity index (χ4n) is 3.47. The van der Waals surface area contributed by atoms with E-state index in [-0.39, 0.29) is 5.78 Å². The Kier molecular flexibility index (Phi) is 5.30. The van der Waals surface area contributed by atoms with Crippen molar-refractivity contribution in [1.82, 2.24) is 0 Å². The average molecular weight is 401 g/mol. The average Bonchev–Trinajstić information content (AvgIpc) is 2.76. The number of benzene rings is 3. The minimum atomic E-state index is -0.691. The van der Waals surface area contributed by atoms with Gasteiger partial charge in [-0.3, -0.25) is 14.4 Å². The van der Waals surface area contributed by atoms with Gasteiger partial charge in [-0.1, -0.05) is 48.5 Å². The van der Waals surface area contributed by atoms with Gasteiger partial charge >= 0.3 is 5.97 Å². The van der Waals surface area contributed by atoms with E-state index in [1.54, 1.807) is 48.5 Å². The van der Waals surface area contributed by atoms with Crippen LogP contribution in [0.15, 0.2) is 72.8 Å². The molecule has 1 amide bonds. The molecule has 0 bridgehead atoms. The molecular formula is C24H19NO5. The van der Waals surface area contributed by atoms with Gasteiger partial charge in [0.15, 0.2) is 12.4 Å². The number of ether oxygens (including phenoxy) is 2. The van der Waals surface area contributed by atoms with Gasteiger partial charge in [0.05, 0.1) is 5.69 Å². The molecule has 3 aromatic carbocycles.